The number of hydrogen-bond acceptors (Lipinski definition) is 5. The van der Waals surface area contributed by atoms with Crippen LogP contribution in [0.1, 0.15) is 28.9 Å². The Hall–Kier alpha value is -1.73. The van der Waals surface area contributed by atoms with Gasteiger partial charge in [0.1, 0.15) is 6.04 Å². The van der Waals surface area contributed by atoms with Crippen molar-refractivity contribution in [2.45, 2.75) is 18.9 Å². The molecule has 0 heterocycles. The van der Waals surface area contributed by atoms with Crippen LogP contribution in [0.15, 0.2) is 24.3 Å². The normalized spacial score (nSPS) is 12.0. The topological polar surface area (TPSA) is 78.6 Å². The predicted octanol–water partition coefficient (Wildman–Crippen LogP) is 2.09. The number of ether oxygens (including phenoxy) is 2. The minimum atomic E-state index is -3.94. The molecule has 0 spiro atoms. The number of rotatable bonds is 5. The van der Waals surface area contributed by atoms with Crippen molar-refractivity contribution in [2.24, 2.45) is 5.73 Å². The zero-order chi connectivity index (χ0) is 15.3. The summed E-state index contributed by atoms with van der Waals surface area (Å²) in [6.45, 7) is 1.21. The molecule has 0 saturated carbocycles. The lowest BCUT2D eigenvalue weighted by Gasteiger charge is -2.23. The molecule has 0 aliphatic carbocycles. The minimum Gasteiger partial charge on any atom is -0.465 e. The molecule has 2 N–H and O–H groups in total. The second-order valence-corrected chi connectivity index (χ2v) is 3.90. The van der Waals surface area contributed by atoms with Gasteiger partial charge in [-0.05, 0) is 18.6 Å². The summed E-state index contributed by atoms with van der Waals surface area (Å²) < 4.78 is 36.5. The number of esters is 2. The SMILES string of the molecule is CCOC(=O)C(F)(F)[C@H](N)c1ccccc1C(=O)OC.Cl. The second-order valence-electron chi connectivity index (χ2n) is 3.90. The molecule has 0 saturated heterocycles. The van der Waals surface area contributed by atoms with Crippen molar-refractivity contribution in [1.82, 2.24) is 0 Å². The van der Waals surface area contributed by atoms with Crippen molar-refractivity contribution in [3.05, 3.63) is 35.4 Å². The average molecular weight is 324 g/mol. The van der Waals surface area contributed by atoms with Crippen LogP contribution in [0.25, 0.3) is 0 Å². The molecule has 0 aromatic heterocycles. The van der Waals surface area contributed by atoms with E-state index in [2.05, 4.69) is 9.47 Å². The largest absolute Gasteiger partial charge is 0.465 e. The first-order chi connectivity index (χ1) is 9.36. The lowest BCUT2D eigenvalue weighted by atomic mass is 9.96. The lowest BCUT2D eigenvalue weighted by molar-refractivity contribution is -0.174. The number of halogens is 3. The van der Waals surface area contributed by atoms with E-state index < -0.39 is 23.9 Å². The average Bonchev–Trinajstić information content (AvgIpc) is 2.45. The van der Waals surface area contributed by atoms with E-state index in [1.807, 2.05) is 0 Å². The van der Waals surface area contributed by atoms with Crippen molar-refractivity contribution in [2.75, 3.05) is 13.7 Å². The maximum absolute atomic E-state index is 13.9. The van der Waals surface area contributed by atoms with E-state index in [1.165, 1.54) is 31.2 Å². The predicted molar refractivity (Wildman–Crippen MR) is 73.5 cm³/mol. The molecule has 1 aromatic rings. The van der Waals surface area contributed by atoms with E-state index in [1.54, 1.807) is 0 Å². The molecule has 0 radical (unpaired) electrons. The lowest BCUT2D eigenvalue weighted by Crippen LogP contribution is -2.42. The molecule has 5 nitrogen and oxygen atoms in total. The number of carbonyl (C=O) groups is 2. The van der Waals surface area contributed by atoms with Crippen LogP contribution in [0.5, 0.6) is 0 Å². The Morgan fingerprint density at radius 1 is 1.33 bits per heavy atom. The van der Waals surface area contributed by atoms with Crippen molar-refractivity contribution >= 4 is 24.3 Å². The Labute approximate surface area is 126 Å². The Bertz CT molecular complexity index is 511. The molecular weight excluding hydrogens is 308 g/mol. The van der Waals surface area contributed by atoms with Crippen LogP contribution >= 0.6 is 12.4 Å². The molecule has 0 unspecified atom stereocenters. The fourth-order valence-electron chi connectivity index (χ4n) is 1.61. The fraction of sp³-hybridized carbons (Fsp3) is 0.385. The van der Waals surface area contributed by atoms with Gasteiger partial charge >= 0.3 is 17.9 Å². The number of methoxy groups -OCH3 is 1. The summed E-state index contributed by atoms with van der Waals surface area (Å²) in [5, 5.41) is 0. The molecule has 0 amide bonds. The third-order valence-electron chi connectivity index (χ3n) is 2.64. The molecule has 21 heavy (non-hydrogen) atoms. The van der Waals surface area contributed by atoms with Crippen LogP contribution in [-0.4, -0.2) is 31.6 Å². The van der Waals surface area contributed by atoms with E-state index in [9.17, 15) is 18.4 Å². The second kappa shape index (κ2) is 7.90. The summed E-state index contributed by atoms with van der Waals surface area (Å²) in [6, 6.07) is 3.44. The van der Waals surface area contributed by atoms with E-state index in [0.29, 0.717) is 0 Å². The highest BCUT2D eigenvalue weighted by Crippen LogP contribution is 2.32. The first-order valence-electron chi connectivity index (χ1n) is 5.84. The number of alkyl halides is 2. The first kappa shape index (κ1) is 19.3. The number of carbonyl (C=O) groups excluding carboxylic acids is 2. The van der Waals surface area contributed by atoms with Gasteiger partial charge in [-0.1, -0.05) is 18.2 Å². The highest BCUT2D eigenvalue weighted by Gasteiger charge is 2.48. The summed E-state index contributed by atoms with van der Waals surface area (Å²) in [4.78, 5) is 22.8. The van der Waals surface area contributed by atoms with Gasteiger partial charge in [-0.15, -0.1) is 12.4 Å². The van der Waals surface area contributed by atoms with Gasteiger partial charge in [-0.3, -0.25) is 0 Å². The Kier molecular flexibility index (Phi) is 7.25. The van der Waals surface area contributed by atoms with Crippen LogP contribution in [0.3, 0.4) is 0 Å². The molecule has 1 aromatic carbocycles. The first-order valence-corrected chi connectivity index (χ1v) is 5.84. The smallest absolute Gasteiger partial charge is 0.379 e. The van der Waals surface area contributed by atoms with Crippen molar-refractivity contribution < 1.29 is 27.8 Å². The Morgan fingerprint density at radius 3 is 2.43 bits per heavy atom. The fourth-order valence-corrected chi connectivity index (χ4v) is 1.61. The standard InChI is InChI=1S/C13H15F2NO4.ClH/c1-3-20-12(18)13(14,15)10(16)8-6-4-5-7-9(8)11(17)19-2;/h4-7,10H,3,16H2,1-2H3;1H/t10-;/m1./s1. The van der Waals surface area contributed by atoms with Crippen LogP contribution in [-0.2, 0) is 14.3 Å². The monoisotopic (exact) mass is 323 g/mol. The van der Waals surface area contributed by atoms with Crippen LogP contribution in [0, 0.1) is 0 Å². The maximum atomic E-state index is 13.9. The van der Waals surface area contributed by atoms with Crippen LogP contribution < -0.4 is 5.73 Å². The zero-order valence-corrected chi connectivity index (χ0v) is 12.3. The number of benzene rings is 1. The summed E-state index contributed by atoms with van der Waals surface area (Å²) in [5.41, 5.74) is 5.14. The van der Waals surface area contributed by atoms with E-state index >= 15 is 0 Å². The van der Waals surface area contributed by atoms with Gasteiger partial charge in [-0.2, -0.15) is 8.78 Å². The molecule has 0 fully saturated rings. The van der Waals surface area contributed by atoms with Gasteiger partial charge in [0, 0.05) is 0 Å². The van der Waals surface area contributed by atoms with Crippen molar-refractivity contribution in [1.29, 1.82) is 0 Å². The maximum Gasteiger partial charge on any atom is 0.379 e. The molecule has 0 aliphatic heterocycles. The molecule has 0 aliphatic rings. The quantitative estimate of drug-likeness (QED) is 0.839. The molecular formula is C13H16ClF2NO4. The summed E-state index contributed by atoms with van der Waals surface area (Å²) in [7, 11) is 1.12. The third-order valence-corrected chi connectivity index (χ3v) is 2.64. The van der Waals surface area contributed by atoms with Gasteiger partial charge in [0.25, 0.3) is 0 Å². The summed E-state index contributed by atoms with van der Waals surface area (Å²) in [5.74, 6) is -6.48. The van der Waals surface area contributed by atoms with Gasteiger partial charge in [0.2, 0.25) is 0 Å². The Balaban J connectivity index is 0.00000400. The zero-order valence-electron chi connectivity index (χ0n) is 11.5. The Morgan fingerprint density at radius 2 is 1.90 bits per heavy atom. The number of hydrogen-bond donors (Lipinski definition) is 1. The van der Waals surface area contributed by atoms with Gasteiger partial charge in [0.15, 0.2) is 0 Å². The molecule has 1 atom stereocenters. The van der Waals surface area contributed by atoms with Crippen LogP contribution in [0.2, 0.25) is 0 Å². The highest BCUT2D eigenvalue weighted by atomic mass is 35.5. The molecule has 1 rings (SSSR count). The van der Waals surface area contributed by atoms with E-state index in [4.69, 9.17) is 5.73 Å². The van der Waals surface area contributed by atoms with Gasteiger partial charge < -0.3 is 15.2 Å². The molecule has 8 heteroatoms. The molecule has 118 valence electrons. The van der Waals surface area contributed by atoms with E-state index in [-0.39, 0.29) is 30.1 Å². The van der Waals surface area contributed by atoms with E-state index in [0.717, 1.165) is 7.11 Å². The summed E-state index contributed by atoms with van der Waals surface area (Å²) in [6.07, 6.45) is 0. The van der Waals surface area contributed by atoms with Gasteiger partial charge in [-0.25, -0.2) is 9.59 Å². The molecule has 0 bridgehead atoms. The van der Waals surface area contributed by atoms with Crippen molar-refractivity contribution in [3.8, 4) is 0 Å². The third kappa shape index (κ3) is 4.12. The minimum absolute atomic E-state index is 0. The van der Waals surface area contributed by atoms with Crippen LogP contribution in [0.4, 0.5) is 8.78 Å². The highest BCUT2D eigenvalue weighted by molar-refractivity contribution is 5.91. The van der Waals surface area contributed by atoms with Gasteiger partial charge in [0.05, 0.1) is 19.3 Å². The van der Waals surface area contributed by atoms with Crippen molar-refractivity contribution in [3.63, 3.8) is 0 Å². The summed E-state index contributed by atoms with van der Waals surface area (Å²) >= 11 is 0. The number of nitrogens with two attached hydrogens (primary N) is 1.